The van der Waals surface area contributed by atoms with Gasteiger partial charge in [-0.1, -0.05) is 12.1 Å². The highest BCUT2D eigenvalue weighted by Gasteiger charge is 2.25. The van der Waals surface area contributed by atoms with Crippen LogP contribution in [0.25, 0.3) is 0 Å². The zero-order valence-electron chi connectivity index (χ0n) is 9.47. The van der Waals surface area contributed by atoms with Crippen LogP contribution in [-0.4, -0.2) is 23.1 Å². The van der Waals surface area contributed by atoms with Crippen molar-refractivity contribution in [2.24, 2.45) is 0 Å². The number of aromatic nitrogens is 2. The average molecular weight is 255 g/mol. The number of hydrogen-bond acceptors (Lipinski definition) is 2. The van der Waals surface area contributed by atoms with E-state index < -0.39 is 12.4 Å². The monoisotopic (exact) mass is 255 g/mol. The number of imidazole rings is 1. The Kier molecular flexibility index (Phi) is 3.59. The highest BCUT2D eigenvalue weighted by molar-refractivity contribution is 6.73. The molecule has 0 radical (unpaired) electrons. The van der Waals surface area contributed by atoms with Gasteiger partial charge in [-0.05, 0) is 12.1 Å². The van der Waals surface area contributed by atoms with Gasteiger partial charge in [-0.3, -0.25) is 0 Å². The second kappa shape index (κ2) is 5.16. The summed E-state index contributed by atoms with van der Waals surface area (Å²) in [5, 5.41) is 0. The Hall–Kier alpha value is -1.92. The van der Waals surface area contributed by atoms with Crippen molar-refractivity contribution >= 4 is 12.4 Å². The Balaban J connectivity index is 1.93. The first-order chi connectivity index (χ1) is 8.55. The normalized spacial score (nSPS) is 11.5. The molecule has 2 rings (SSSR count). The van der Waals surface area contributed by atoms with E-state index in [-0.39, 0.29) is 5.75 Å². The minimum Gasteiger partial charge on any atom is -0.492 e. The summed E-state index contributed by atoms with van der Waals surface area (Å²) in [4.78, 5) is 3.86. The van der Waals surface area contributed by atoms with Gasteiger partial charge in [0.2, 0.25) is 0 Å². The van der Waals surface area contributed by atoms with Gasteiger partial charge in [0.15, 0.2) is 0 Å². The van der Waals surface area contributed by atoms with Gasteiger partial charge in [-0.25, -0.2) is 4.98 Å². The van der Waals surface area contributed by atoms with E-state index in [0.717, 1.165) is 12.1 Å². The van der Waals surface area contributed by atoms with Crippen LogP contribution in [0.5, 0.6) is 5.75 Å². The largest absolute Gasteiger partial charge is 0.509 e. The Labute approximate surface area is 102 Å². The first-order valence-electron chi connectivity index (χ1n) is 5.44. The molecular weight excluding hydrogens is 244 g/mol. The fraction of sp³-hybridized carbons (Fsp3) is 0.182. The summed E-state index contributed by atoms with van der Waals surface area (Å²) in [6, 6.07) is 4.92. The molecule has 0 atom stereocenters. The van der Waals surface area contributed by atoms with Crippen LogP contribution in [0.3, 0.4) is 0 Å². The summed E-state index contributed by atoms with van der Waals surface area (Å²) >= 11 is 0. The Morgan fingerprint density at radius 1 is 1.28 bits per heavy atom. The number of hydrogen-bond donors (Lipinski definition) is 0. The molecule has 0 bridgehead atoms. The SMILES string of the molecule is F[B-](F)(F)c1cccc(OCCn2ccnc2)c1. The van der Waals surface area contributed by atoms with Gasteiger partial charge in [0.25, 0.3) is 0 Å². The predicted octanol–water partition coefficient (Wildman–Crippen LogP) is 2.02. The molecule has 0 saturated carbocycles. The van der Waals surface area contributed by atoms with E-state index in [1.54, 1.807) is 23.3 Å². The molecule has 1 heterocycles. The van der Waals surface area contributed by atoms with Crippen LogP contribution in [-0.2, 0) is 6.54 Å². The quantitative estimate of drug-likeness (QED) is 0.764. The summed E-state index contributed by atoms with van der Waals surface area (Å²) in [5.74, 6) is 0.229. The average Bonchev–Trinajstić information content (AvgIpc) is 2.81. The standard InChI is InChI=1S/C11H11BF3N2O/c13-12(14,15)10-2-1-3-11(8-10)18-7-6-17-5-4-16-9-17/h1-5,8-9H,6-7H2/q-1. The highest BCUT2D eigenvalue weighted by Crippen LogP contribution is 2.14. The van der Waals surface area contributed by atoms with Crippen molar-refractivity contribution in [1.82, 2.24) is 9.55 Å². The van der Waals surface area contributed by atoms with E-state index >= 15 is 0 Å². The van der Waals surface area contributed by atoms with Crippen LogP contribution in [0.2, 0.25) is 0 Å². The fourth-order valence-electron chi connectivity index (χ4n) is 1.50. The van der Waals surface area contributed by atoms with Gasteiger partial charge >= 0.3 is 6.98 Å². The van der Waals surface area contributed by atoms with Gasteiger partial charge in [0, 0.05) is 12.4 Å². The molecule has 18 heavy (non-hydrogen) atoms. The molecular formula is C11H11BF3N2O-. The molecule has 0 amide bonds. The summed E-state index contributed by atoms with van der Waals surface area (Å²) in [6.07, 6.45) is 5.02. The van der Waals surface area contributed by atoms with E-state index in [0.29, 0.717) is 13.2 Å². The number of benzene rings is 1. The van der Waals surface area contributed by atoms with Crippen molar-refractivity contribution in [3.05, 3.63) is 43.0 Å². The molecule has 0 spiro atoms. The third-order valence-corrected chi connectivity index (χ3v) is 2.41. The Morgan fingerprint density at radius 2 is 2.11 bits per heavy atom. The third-order valence-electron chi connectivity index (χ3n) is 2.41. The maximum Gasteiger partial charge on any atom is 0.509 e. The lowest BCUT2D eigenvalue weighted by Crippen LogP contribution is -2.33. The van der Waals surface area contributed by atoms with Crippen LogP contribution in [0.15, 0.2) is 43.0 Å². The van der Waals surface area contributed by atoms with Crippen molar-refractivity contribution < 1.29 is 17.7 Å². The van der Waals surface area contributed by atoms with Crippen molar-refractivity contribution in [3.8, 4) is 5.75 Å². The fourth-order valence-corrected chi connectivity index (χ4v) is 1.50. The minimum atomic E-state index is -4.98. The van der Waals surface area contributed by atoms with Crippen LogP contribution in [0.4, 0.5) is 12.9 Å². The number of rotatable bonds is 5. The maximum atomic E-state index is 12.5. The van der Waals surface area contributed by atoms with E-state index in [1.807, 2.05) is 0 Å². The lowest BCUT2D eigenvalue weighted by molar-refractivity contribution is 0.298. The molecule has 0 fully saturated rings. The molecule has 0 aliphatic rings. The zero-order valence-corrected chi connectivity index (χ0v) is 9.47. The van der Waals surface area contributed by atoms with Gasteiger partial charge in [0.05, 0.1) is 12.9 Å². The van der Waals surface area contributed by atoms with Crippen LogP contribution >= 0.6 is 0 Å². The molecule has 1 aromatic carbocycles. The maximum absolute atomic E-state index is 12.5. The molecule has 7 heteroatoms. The van der Waals surface area contributed by atoms with Crippen molar-refractivity contribution in [2.45, 2.75) is 6.54 Å². The molecule has 1 aromatic heterocycles. The second-order valence-electron chi connectivity index (χ2n) is 3.80. The first kappa shape index (κ1) is 12.5. The topological polar surface area (TPSA) is 27.1 Å². The van der Waals surface area contributed by atoms with E-state index in [9.17, 15) is 12.9 Å². The zero-order chi connectivity index (χ0) is 13.0. The minimum absolute atomic E-state index is 0.229. The first-order valence-corrected chi connectivity index (χ1v) is 5.44. The van der Waals surface area contributed by atoms with Gasteiger partial charge in [-0.2, -0.15) is 0 Å². The van der Waals surface area contributed by atoms with Crippen LogP contribution in [0, 0.1) is 0 Å². The lowest BCUT2D eigenvalue weighted by atomic mass is 9.80. The lowest BCUT2D eigenvalue weighted by Gasteiger charge is -2.16. The molecule has 0 aliphatic carbocycles. The number of halogens is 3. The van der Waals surface area contributed by atoms with Crippen molar-refractivity contribution in [2.75, 3.05) is 6.61 Å². The predicted molar refractivity (Wildman–Crippen MR) is 62.9 cm³/mol. The van der Waals surface area contributed by atoms with E-state index in [1.165, 1.54) is 12.1 Å². The van der Waals surface area contributed by atoms with Gasteiger partial charge in [-0.15, -0.1) is 5.46 Å². The summed E-state index contributed by atoms with van der Waals surface area (Å²) in [5.41, 5.74) is -0.643. The third kappa shape index (κ3) is 3.29. The Bertz CT molecular complexity index is 499. The molecule has 0 unspecified atom stereocenters. The van der Waals surface area contributed by atoms with Crippen LogP contribution < -0.4 is 10.2 Å². The number of nitrogens with zero attached hydrogens (tertiary/aromatic N) is 2. The van der Waals surface area contributed by atoms with Gasteiger partial charge < -0.3 is 22.3 Å². The smallest absolute Gasteiger partial charge is 0.492 e. The van der Waals surface area contributed by atoms with Crippen molar-refractivity contribution in [1.29, 1.82) is 0 Å². The van der Waals surface area contributed by atoms with E-state index in [4.69, 9.17) is 4.74 Å². The van der Waals surface area contributed by atoms with Crippen molar-refractivity contribution in [3.63, 3.8) is 0 Å². The summed E-state index contributed by atoms with van der Waals surface area (Å²) in [6.45, 7) is -4.14. The summed E-state index contributed by atoms with van der Waals surface area (Å²) < 4.78 is 44.6. The molecule has 0 N–H and O–H groups in total. The number of ether oxygens (including phenoxy) is 1. The molecule has 0 saturated heterocycles. The van der Waals surface area contributed by atoms with E-state index in [2.05, 4.69) is 4.98 Å². The molecule has 2 aromatic rings. The van der Waals surface area contributed by atoms with Crippen LogP contribution in [0.1, 0.15) is 0 Å². The summed E-state index contributed by atoms with van der Waals surface area (Å²) in [7, 11) is 0. The van der Waals surface area contributed by atoms with Gasteiger partial charge in [0.1, 0.15) is 12.4 Å². The molecule has 0 aliphatic heterocycles. The second-order valence-corrected chi connectivity index (χ2v) is 3.80. The Morgan fingerprint density at radius 3 is 2.78 bits per heavy atom. The highest BCUT2D eigenvalue weighted by atomic mass is 19.4. The molecule has 96 valence electrons. The molecule has 3 nitrogen and oxygen atoms in total.